The van der Waals surface area contributed by atoms with E-state index in [0.717, 1.165) is 5.56 Å². The Morgan fingerprint density at radius 1 is 1.45 bits per heavy atom. The fourth-order valence-electron chi connectivity index (χ4n) is 0.988. The quantitative estimate of drug-likeness (QED) is 0.528. The SMILES string of the molecule is N#CC1O[I-]c2ccccc21. The summed E-state index contributed by atoms with van der Waals surface area (Å²) in [5, 5.41) is 8.66. The van der Waals surface area contributed by atoms with Crippen molar-refractivity contribution in [1.82, 2.24) is 0 Å². The van der Waals surface area contributed by atoms with Crippen molar-refractivity contribution in [1.29, 1.82) is 5.26 Å². The van der Waals surface area contributed by atoms with Gasteiger partial charge in [0.15, 0.2) is 0 Å². The van der Waals surface area contributed by atoms with Crippen molar-refractivity contribution < 1.29 is 24.7 Å². The standard InChI is InChI=1S/C8H5INO/c10-5-8-6-3-1-2-4-7(6)9-11-8/h1-4,8H/q-1. The van der Waals surface area contributed by atoms with Crippen molar-refractivity contribution in [3.8, 4) is 6.07 Å². The molecular formula is C8H5INO-. The molecule has 0 N–H and O–H groups in total. The molecule has 1 aromatic carbocycles. The van der Waals surface area contributed by atoms with Crippen LogP contribution in [0, 0.1) is 14.9 Å². The summed E-state index contributed by atoms with van der Waals surface area (Å²) in [5.74, 6) is 0. The molecule has 1 aliphatic heterocycles. The molecule has 2 nitrogen and oxygen atoms in total. The van der Waals surface area contributed by atoms with Gasteiger partial charge in [-0.15, -0.1) is 0 Å². The van der Waals surface area contributed by atoms with Crippen LogP contribution in [0.15, 0.2) is 24.3 Å². The summed E-state index contributed by atoms with van der Waals surface area (Å²) in [6.07, 6.45) is -0.293. The summed E-state index contributed by atoms with van der Waals surface area (Å²) in [7, 11) is 0. The summed E-state index contributed by atoms with van der Waals surface area (Å²) in [5.41, 5.74) is 1.07. The Labute approximate surface area is 75.6 Å². The van der Waals surface area contributed by atoms with Crippen LogP contribution in [0.25, 0.3) is 0 Å². The molecule has 1 unspecified atom stereocenters. The number of hydrogen-bond acceptors (Lipinski definition) is 2. The molecule has 0 saturated heterocycles. The van der Waals surface area contributed by atoms with E-state index in [4.69, 9.17) is 8.33 Å². The topological polar surface area (TPSA) is 33.0 Å². The van der Waals surface area contributed by atoms with Gasteiger partial charge in [-0.1, -0.05) is 0 Å². The first-order valence-electron chi connectivity index (χ1n) is 3.21. The molecule has 56 valence electrons. The molecular weight excluding hydrogens is 253 g/mol. The molecule has 1 atom stereocenters. The first-order valence-corrected chi connectivity index (χ1v) is 5.17. The summed E-state index contributed by atoms with van der Waals surface area (Å²) < 4.78 is 6.57. The van der Waals surface area contributed by atoms with Crippen LogP contribution in [-0.4, -0.2) is 0 Å². The average Bonchev–Trinajstić information content (AvgIpc) is 2.47. The van der Waals surface area contributed by atoms with Gasteiger partial charge in [0.1, 0.15) is 0 Å². The Morgan fingerprint density at radius 2 is 2.27 bits per heavy atom. The molecule has 0 aliphatic carbocycles. The average molecular weight is 258 g/mol. The number of nitrogens with zero attached hydrogens (tertiary/aromatic N) is 1. The van der Waals surface area contributed by atoms with E-state index >= 15 is 0 Å². The first-order chi connectivity index (χ1) is 5.42. The van der Waals surface area contributed by atoms with E-state index in [1.165, 1.54) is 3.57 Å². The van der Waals surface area contributed by atoms with Gasteiger partial charge in [-0.2, -0.15) is 0 Å². The van der Waals surface area contributed by atoms with Crippen LogP contribution in [0.4, 0.5) is 0 Å². The summed E-state index contributed by atoms with van der Waals surface area (Å²) in [6, 6.07) is 10.1. The molecule has 2 rings (SSSR count). The molecule has 1 aromatic rings. The number of fused-ring (bicyclic) bond motifs is 1. The van der Waals surface area contributed by atoms with Crippen LogP contribution in [-0.2, 0) is 3.07 Å². The zero-order valence-electron chi connectivity index (χ0n) is 5.62. The van der Waals surface area contributed by atoms with Crippen LogP contribution in [0.3, 0.4) is 0 Å². The van der Waals surface area contributed by atoms with Crippen LogP contribution in [0.2, 0.25) is 0 Å². The van der Waals surface area contributed by atoms with Gasteiger partial charge >= 0.3 is 75.5 Å². The molecule has 0 spiro atoms. The van der Waals surface area contributed by atoms with Gasteiger partial charge in [0.2, 0.25) is 0 Å². The number of halogens is 1. The van der Waals surface area contributed by atoms with E-state index in [2.05, 4.69) is 6.07 Å². The molecule has 0 fully saturated rings. The first kappa shape index (κ1) is 7.07. The molecule has 1 aliphatic rings. The van der Waals surface area contributed by atoms with E-state index in [1.807, 2.05) is 24.3 Å². The Bertz CT molecular complexity index is 318. The third-order valence-corrected chi connectivity index (χ3v) is 3.74. The number of benzene rings is 1. The van der Waals surface area contributed by atoms with Crippen LogP contribution < -0.4 is 21.6 Å². The van der Waals surface area contributed by atoms with Crippen molar-refractivity contribution in [3.05, 3.63) is 33.4 Å². The van der Waals surface area contributed by atoms with Gasteiger partial charge < -0.3 is 0 Å². The minimum atomic E-state index is -0.347. The Kier molecular flexibility index (Phi) is 1.80. The zero-order chi connectivity index (χ0) is 7.68. The van der Waals surface area contributed by atoms with E-state index in [9.17, 15) is 0 Å². The molecule has 11 heavy (non-hydrogen) atoms. The molecule has 1 heterocycles. The third-order valence-electron chi connectivity index (χ3n) is 1.52. The van der Waals surface area contributed by atoms with Crippen LogP contribution in [0.1, 0.15) is 11.7 Å². The monoisotopic (exact) mass is 258 g/mol. The van der Waals surface area contributed by atoms with E-state index in [0.29, 0.717) is 0 Å². The normalized spacial score (nSPS) is 21.5. The van der Waals surface area contributed by atoms with Gasteiger partial charge in [0.05, 0.1) is 0 Å². The van der Waals surface area contributed by atoms with Crippen molar-refractivity contribution in [2.24, 2.45) is 0 Å². The number of rotatable bonds is 0. The van der Waals surface area contributed by atoms with E-state index in [-0.39, 0.29) is 27.7 Å². The molecule has 0 amide bonds. The second-order valence-electron chi connectivity index (χ2n) is 2.20. The van der Waals surface area contributed by atoms with Crippen molar-refractivity contribution in [2.75, 3.05) is 0 Å². The van der Waals surface area contributed by atoms with Crippen molar-refractivity contribution >= 4 is 0 Å². The fourth-order valence-corrected chi connectivity index (χ4v) is 2.98. The predicted octanol–water partition coefficient (Wildman–Crippen LogP) is -1.54. The summed E-state index contributed by atoms with van der Waals surface area (Å²) in [6.45, 7) is 0. The Hall–Kier alpha value is -0.600. The molecule has 0 aromatic heterocycles. The fraction of sp³-hybridized carbons (Fsp3) is 0.125. The Balaban J connectivity index is 2.49. The maximum absolute atomic E-state index is 8.66. The summed E-state index contributed by atoms with van der Waals surface area (Å²) in [4.78, 5) is 0. The van der Waals surface area contributed by atoms with Crippen molar-refractivity contribution in [2.45, 2.75) is 6.10 Å². The van der Waals surface area contributed by atoms with Crippen molar-refractivity contribution in [3.63, 3.8) is 0 Å². The molecule has 0 bridgehead atoms. The molecule has 3 heteroatoms. The maximum atomic E-state index is 8.66. The van der Waals surface area contributed by atoms with E-state index < -0.39 is 0 Å². The molecule has 0 saturated carbocycles. The van der Waals surface area contributed by atoms with Gasteiger partial charge in [-0.25, -0.2) is 0 Å². The van der Waals surface area contributed by atoms with Crippen LogP contribution in [0.5, 0.6) is 0 Å². The minimum absolute atomic E-state index is 0.293. The molecule has 0 radical (unpaired) electrons. The van der Waals surface area contributed by atoms with Crippen LogP contribution >= 0.6 is 0 Å². The van der Waals surface area contributed by atoms with Gasteiger partial charge in [-0.05, 0) is 0 Å². The number of nitriles is 1. The third kappa shape index (κ3) is 1.12. The predicted molar refractivity (Wildman–Crippen MR) is 34.6 cm³/mol. The van der Waals surface area contributed by atoms with Gasteiger partial charge in [0.25, 0.3) is 0 Å². The second kappa shape index (κ2) is 2.80. The van der Waals surface area contributed by atoms with E-state index in [1.54, 1.807) is 0 Å². The summed E-state index contributed by atoms with van der Waals surface area (Å²) >= 11 is -0.347. The second-order valence-corrected chi connectivity index (χ2v) is 4.31. The van der Waals surface area contributed by atoms with Gasteiger partial charge in [0, 0.05) is 0 Å². The van der Waals surface area contributed by atoms with Gasteiger partial charge in [-0.3, -0.25) is 0 Å². The Morgan fingerprint density at radius 3 is 3.09 bits per heavy atom. The zero-order valence-corrected chi connectivity index (χ0v) is 7.78. The number of hydrogen-bond donors (Lipinski definition) is 0.